The second-order valence-electron chi connectivity index (χ2n) is 7.83. The fraction of sp³-hybridized carbons (Fsp3) is 0.360. The lowest BCUT2D eigenvalue weighted by atomic mass is 9.98. The molecule has 0 saturated carbocycles. The summed E-state index contributed by atoms with van der Waals surface area (Å²) in [5, 5.41) is 0.809. The molecule has 2 heterocycles. The number of halogens is 1. The van der Waals surface area contributed by atoms with Crippen LogP contribution in [0.25, 0.3) is 11.0 Å². The minimum atomic E-state index is -0.543. The summed E-state index contributed by atoms with van der Waals surface area (Å²) in [4.78, 5) is 28.4. The average Bonchev–Trinajstić information content (AvgIpc) is 3.07. The number of nitrogens with zero attached hydrogens (tertiary/aromatic N) is 1. The van der Waals surface area contributed by atoms with E-state index in [-0.39, 0.29) is 17.1 Å². The van der Waals surface area contributed by atoms with Gasteiger partial charge in [0.1, 0.15) is 11.3 Å². The maximum atomic E-state index is 13.5. The topological polar surface area (TPSA) is 69.0 Å². The van der Waals surface area contributed by atoms with Crippen LogP contribution in [0.15, 0.2) is 51.7 Å². The molecule has 0 aliphatic carbocycles. The molecule has 1 amide bonds. The zero-order chi connectivity index (χ0) is 22.7. The molecule has 2 aromatic carbocycles. The summed E-state index contributed by atoms with van der Waals surface area (Å²) in [7, 11) is 1.62. The highest BCUT2D eigenvalue weighted by Gasteiger charge is 2.42. The van der Waals surface area contributed by atoms with Gasteiger partial charge in [0.05, 0.1) is 23.6 Å². The van der Waals surface area contributed by atoms with Gasteiger partial charge in [-0.15, -0.1) is 0 Å². The van der Waals surface area contributed by atoms with Gasteiger partial charge in [0.15, 0.2) is 5.43 Å². The number of methoxy groups -OCH3 is 1. The number of hydrogen-bond donors (Lipinski definition) is 0. The normalized spacial score (nSPS) is 15.4. The maximum absolute atomic E-state index is 13.5. The highest BCUT2D eigenvalue weighted by molar-refractivity contribution is 6.31. The van der Waals surface area contributed by atoms with E-state index in [1.54, 1.807) is 30.2 Å². The number of carbonyl (C=O) groups excluding carboxylic acids is 1. The minimum Gasteiger partial charge on any atom is -0.494 e. The molecule has 0 spiro atoms. The molecule has 0 radical (unpaired) electrons. The van der Waals surface area contributed by atoms with E-state index < -0.39 is 6.04 Å². The minimum absolute atomic E-state index is 0.0931. The van der Waals surface area contributed by atoms with E-state index >= 15 is 0 Å². The predicted molar refractivity (Wildman–Crippen MR) is 124 cm³/mol. The molecular weight excluding hydrogens is 430 g/mol. The molecule has 6 nitrogen and oxygen atoms in total. The van der Waals surface area contributed by atoms with Crippen molar-refractivity contribution in [1.29, 1.82) is 0 Å². The Hall–Kier alpha value is -2.83. The Morgan fingerprint density at radius 3 is 2.56 bits per heavy atom. The molecule has 0 fully saturated rings. The summed E-state index contributed by atoms with van der Waals surface area (Å²) in [6.07, 6.45) is 2.68. The molecule has 1 unspecified atom stereocenters. The Morgan fingerprint density at radius 1 is 1.06 bits per heavy atom. The van der Waals surface area contributed by atoms with Gasteiger partial charge >= 0.3 is 0 Å². The number of rotatable bonds is 9. The van der Waals surface area contributed by atoms with Crippen molar-refractivity contribution in [2.75, 3.05) is 26.9 Å². The number of hydrogen-bond acceptors (Lipinski definition) is 5. The molecule has 1 aliphatic rings. The smallest absolute Gasteiger partial charge is 0.290 e. The fourth-order valence-corrected chi connectivity index (χ4v) is 4.20. The lowest BCUT2D eigenvalue weighted by Crippen LogP contribution is -2.31. The Balaban J connectivity index is 1.78. The number of fused-ring (bicyclic) bond motifs is 2. The first-order valence-electron chi connectivity index (χ1n) is 10.8. The van der Waals surface area contributed by atoms with Crippen LogP contribution in [-0.4, -0.2) is 37.7 Å². The maximum Gasteiger partial charge on any atom is 0.290 e. The van der Waals surface area contributed by atoms with Crippen LogP contribution in [0.4, 0.5) is 0 Å². The van der Waals surface area contributed by atoms with Crippen LogP contribution in [0.3, 0.4) is 0 Å². The molecule has 4 rings (SSSR count). The van der Waals surface area contributed by atoms with Crippen LogP contribution in [0.2, 0.25) is 5.02 Å². The van der Waals surface area contributed by atoms with Crippen molar-refractivity contribution in [3.05, 3.63) is 74.6 Å². The average molecular weight is 456 g/mol. The molecule has 0 saturated heterocycles. The first kappa shape index (κ1) is 22.4. The number of ether oxygens (including phenoxy) is 2. The molecule has 0 bridgehead atoms. The highest BCUT2D eigenvalue weighted by atomic mass is 35.5. The van der Waals surface area contributed by atoms with Crippen molar-refractivity contribution in [3.8, 4) is 5.75 Å². The molecule has 7 heteroatoms. The highest BCUT2D eigenvalue weighted by Crippen LogP contribution is 2.38. The number of carbonyl (C=O) groups is 1. The van der Waals surface area contributed by atoms with Crippen molar-refractivity contribution < 1.29 is 18.7 Å². The standard InChI is InChI=1S/C25H26ClNO5/c1-3-4-14-31-18-9-6-16(7-10-18)22-21-23(28)19-15-17(26)8-11-20(19)32-24(21)25(29)27(22)12-5-13-30-2/h6-11,15,22H,3-5,12-14H2,1-2H3. The molecule has 0 N–H and O–H groups in total. The first-order valence-corrected chi connectivity index (χ1v) is 11.2. The predicted octanol–water partition coefficient (Wildman–Crippen LogP) is 5.21. The van der Waals surface area contributed by atoms with Crippen molar-refractivity contribution in [3.63, 3.8) is 0 Å². The second-order valence-corrected chi connectivity index (χ2v) is 8.27. The summed E-state index contributed by atoms with van der Waals surface area (Å²) in [6.45, 7) is 3.71. The molecule has 1 aliphatic heterocycles. The van der Waals surface area contributed by atoms with Crippen LogP contribution in [-0.2, 0) is 4.74 Å². The van der Waals surface area contributed by atoms with Gasteiger partial charge < -0.3 is 18.8 Å². The third kappa shape index (κ3) is 4.25. The van der Waals surface area contributed by atoms with Crippen molar-refractivity contribution >= 4 is 28.5 Å². The first-order chi connectivity index (χ1) is 15.5. The summed E-state index contributed by atoms with van der Waals surface area (Å²) in [5.41, 5.74) is 1.29. The van der Waals surface area contributed by atoms with Gasteiger partial charge in [-0.1, -0.05) is 37.1 Å². The van der Waals surface area contributed by atoms with Gasteiger partial charge in [-0.25, -0.2) is 0 Å². The monoisotopic (exact) mass is 455 g/mol. The van der Waals surface area contributed by atoms with E-state index in [1.165, 1.54) is 0 Å². The third-order valence-electron chi connectivity index (χ3n) is 5.64. The van der Waals surface area contributed by atoms with Crippen LogP contribution < -0.4 is 10.2 Å². The molecule has 32 heavy (non-hydrogen) atoms. The second kappa shape index (κ2) is 9.76. The van der Waals surface area contributed by atoms with Crippen molar-refractivity contribution in [1.82, 2.24) is 4.90 Å². The van der Waals surface area contributed by atoms with Gasteiger partial charge in [0.2, 0.25) is 5.76 Å². The lowest BCUT2D eigenvalue weighted by molar-refractivity contribution is 0.0708. The summed E-state index contributed by atoms with van der Waals surface area (Å²) >= 11 is 6.12. The Kier molecular flexibility index (Phi) is 6.82. The third-order valence-corrected chi connectivity index (χ3v) is 5.87. The molecule has 168 valence electrons. The van der Waals surface area contributed by atoms with Crippen LogP contribution >= 0.6 is 11.6 Å². The van der Waals surface area contributed by atoms with Gasteiger partial charge in [-0.2, -0.15) is 0 Å². The van der Waals surface area contributed by atoms with Gasteiger partial charge in [0, 0.05) is 25.3 Å². The van der Waals surface area contributed by atoms with Crippen LogP contribution in [0.5, 0.6) is 5.75 Å². The van der Waals surface area contributed by atoms with E-state index in [0.717, 1.165) is 24.2 Å². The van der Waals surface area contributed by atoms with E-state index in [9.17, 15) is 9.59 Å². The van der Waals surface area contributed by atoms with Crippen molar-refractivity contribution in [2.24, 2.45) is 0 Å². The number of amides is 1. The van der Waals surface area contributed by atoms with Gasteiger partial charge in [-0.3, -0.25) is 9.59 Å². The van der Waals surface area contributed by atoms with Gasteiger partial charge in [0.25, 0.3) is 5.91 Å². The Labute approximate surface area is 191 Å². The SMILES string of the molecule is CCCCOc1ccc(C2c3c(oc4ccc(Cl)cc4c3=O)C(=O)N2CCCOC)cc1. The summed E-state index contributed by atoms with van der Waals surface area (Å²) in [5.74, 6) is 0.559. The summed E-state index contributed by atoms with van der Waals surface area (Å²) < 4.78 is 16.9. The Morgan fingerprint density at radius 2 is 1.84 bits per heavy atom. The van der Waals surface area contributed by atoms with Gasteiger partial charge in [-0.05, 0) is 48.7 Å². The molecule has 3 aromatic rings. The fourth-order valence-electron chi connectivity index (χ4n) is 4.03. The Bertz CT molecular complexity index is 1170. The van der Waals surface area contributed by atoms with E-state index in [4.69, 9.17) is 25.5 Å². The van der Waals surface area contributed by atoms with E-state index in [0.29, 0.717) is 47.7 Å². The molecule has 1 aromatic heterocycles. The van der Waals surface area contributed by atoms with E-state index in [2.05, 4.69) is 6.92 Å². The van der Waals surface area contributed by atoms with Crippen LogP contribution in [0, 0.1) is 0 Å². The number of benzene rings is 2. The summed E-state index contributed by atoms with van der Waals surface area (Å²) in [6, 6.07) is 11.9. The largest absolute Gasteiger partial charge is 0.494 e. The van der Waals surface area contributed by atoms with Crippen LogP contribution in [0.1, 0.15) is 53.9 Å². The molecule has 1 atom stereocenters. The lowest BCUT2D eigenvalue weighted by Gasteiger charge is -2.25. The number of unbranched alkanes of at least 4 members (excludes halogenated alkanes) is 1. The quantitative estimate of drug-likeness (QED) is 0.414. The van der Waals surface area contributed by atoms with E-state index in [1.807, 2.05) is 24.3 Å². The molecular formula is C25H26ClNO5. The zero-order valence-corrected chi connectivity index (χ0v) is 19.0. The van der Waals surface area contributed by atoms with Crippen molar-refractivity contribution in [2.45, 2.75) is 32.2 Å². The zero-order valence-electron chi connectivity index (χ0n) is 18.2.